The van der Waals surface area contributed by atoms with Gasteiger partial charge in [-0.05, 0) is 48.4 Å². The Morgan fingerprint density at radius 1 is 1.05 bits per heavy atom. The highest BCUT2D eigenvalue weighted by Crippen LogP contribution is 2.44. The van der Waals surface area contributed by atoms with Gasteiger partial charge in [0.15, 0.2) is 5.65 Å². The fraction of sp³-hybridized carbons (Fsp3) is 0.107. The van der Waals surface area contributed by atoms with Gasteiger partial charge in [0.1, 0.15) is 16.7 Å². The quantitative estimate of drug-likeness (QED) is 0.191. The molecule has 3 heterocycles. The lowest BCUT2D eigenvalue weighted by Crippen LogP contribution is -2.32. The smallest absolute Gasteiger partial charge is 0.345 e. The molecule has 2 aromatic carbocycles. The summed E-state index contributed by atoms with van der Waals surface area (Å²) in [5.74, 6) is -0.545. The van der Waals surface area contributed by atoms with Gasteiger partial charge < -0.3 is 4.74 Å². The summed E-state index contributed by atoms with van der Waals surface area (Å²) in [4.78, 5) is 30.5. The number of pyridine rings is 1. The van der Waals surface area contributed by atoms with Crippen LogP contribution >= 0.6 is 11.8 Å². The summed E-state index contributed by atoms with van der Waals surface area (Å²) < 4.78 is 7.28. The minimum Gasteiger partial charge on any atom is -0.453 e. The number of nitrogens with zero attached hydrogens (tertiary/aromatic N) is 4. The lowest BCUT2D eigenvalue weighted by atomic mass is 9.84. The second kappa shape index (κ2) is 9.18. The Kier molecular flexibility index (Phi) is 5.69. The molecule has 0 N–H and O–H groups in total. The predicted molar refractivity (Wildman–Crippen MR) is 141 cm³/mol. The standard InChI is InChI=1S/C28H20N4O4S/c1-17-21-15-18(16-29-27(21)31(30-17)22-12-6-7-13-23(22)32(34)35)25-20-11-5-8-14-24(20)36-28(33)26(25)37-19-9-3-2-4-10-19/h2-16,20,24H,1H3. The molecule has 182 valence electrons. The molecule has 1 aliphatic carbocycles. The molecule has 8 nitrogen and oxygen atoms in total. The molecule has 0 amide bonds. The zero-order valence-electron chi connectivity index (χ0n) is 19.6. The van der Waals surface area contributed by atoms with Crippen LogP contribution in [-0.4, -0.2) is 31.8 Å². The van der Waals surface area contributed by atoms with Crippen LogP contribution in [0, 0.1) is 23.0 Å². The Bertz CT molecular complexity index is 1660. The molecule has 0 spiro atoms. The maximum atomic E-state index is 13.2. The highest BCUT2D eigenvalue weighted by Gasteiger charge is 2.37. The fourth-order valence-electron chi connectivity index (χ4n) is 4.68. The maximum Gasteiger partial charge on any atom is 0.345 e. The Morgan fingerprint density at radius 3 is 2.62 bits per heavy atom. The lowest BCUT2D eigenvalue weighted by Gasteiger charge is -2.33. The zero-order valence-corrected chi connectivity index (χ0v) is 20.5. The first kappa shape index (κ1) is 22.9. The monoisotopic (exact) mass is 508 g/mol. The summed E-state index contributed by atoms with van der Waals surface area (Å²) in [6.45, 7) is 1.84. The molecule has 2 atom stereocenters. The third-order valence-corrected chi connectivity index (χ3v) is 7.48. The van der Waals surface area contributed by atoms with Crippen LogP contribution in [0.25, 0.3) is 22.3 Å². The van der Waals surface area contributed by atoms with E-state index >= 15 is 0 Å². The summed E-state index contributed by atoms with van der Waals surface area (Å²) in [5, 5.41) is 17.0. The van der Waals surface area contributed by atoms with Crippen LogP contribution in [0.4, 0.5) is 5.69 Å². The molecule has 4 aromatic rings. The Labute approximate surface area is 216 Å². The van der Waals surface area contributed by atoms with Gasteiger partial charge in [-0.25, -0.2) is 14.5 Å². The van der Waals surface area contributed by atoms with Gasteiger partial charge in [-0.2, -0.15) is 5.10 Å². The number of esters is 1. The van der Waals surface area contributed by atoms with E-state index < -0.39 is 11.0 Å². The van der Waals surface area contributed by atoms with Crippen molar-refractivity contribution in [1.29, 1.82) is 0 Å². The Morgan fingerprint density at radius 2 is 1.81 bits per heavy atom. The number of hydrogen-bond acceptors (Lipinski definition) is 7. The van der Waals surface area contributed by atoms with E-state index in [1.165, 1.54) is 22.5 Å². The number of carbonyl (C=O) groups is 1. The molecule has 0 radical (unpaired) electrons. The summed E-state index contributed by atoms with van der Waals surface area (Å²) in [5.41, 5.74) is 3.08. The van der Waals surface area contributed by atoms with Crippen LogP contribution in [0.15, 0.2) is 101 Å². The molecule has 0 saturated carbocycles. The normalized spacial score (nSPS) is 18.7. The highest BCUT2D eigenvalue weighted by atomic mass is 32.2. The third-order valence-electron chi connectivity index (χ3n) is 6.38. The van der Waals surface area contributed by atoms with Crippen LogP contribution in [0.5, 0.6) is 0 Å². The number of thioether (sulfide) groups is 1. The van der Waals surface area contributed by atoms with Gasteiger partial charge in [0.2, 0.25) is 0 Å². The van der Waals surface area contributed by atoms with Crippen molar-refractivity contribution in [3.8, 4) is 5.69 Å². The van der Waals surface area contributed by atoms with E-state index in [1.54, 1.807) is 24.4 Å². The SMILES string of the molecule is Cc1nn(-c2ccccc2[N+](=O)[O-])c2ncc(C3=C(Sc4ccccc4)C(=O)OC4C=CC=CC34)cc12. The molecule has 2 aromatic heterocycles. The fourth-order valence-corrected chi connectivity index (χ4v) is 5.71. The van der Waals surface area contributed by atoms with Gasteiger partial charge in [0.25, 0.3) is 5.69 Å². The number of aryl methyl sites for hydroxylation is 1. The van der Waals surface area contributed by atoms with Crippen LogP contribution in [-0.2, 0) is 9.53 Å². The molecule has 2 unspecified atom stereocenters. The number of para-hydroxylation sites is 2. The van der Waals surface area contributed by atoms with Gasteiger partial charge in [0, 0.05) is 28.5 Å². The van der Waals surface area contributed by atoms with E-state index in [4.69, 9.17) is 9.72 Å². The molecule has 0 fully saturated rings. The van der Waals surface area contributed by atoms with Crippen LogP contribution in [0.2, 0.25) is 0 Å². The van der Waals surface area contributed by atoms with E-state index in [1.807, 2.05) is 67.6 Å². The minimum atomic E-state index is -0.429. The predicted octanol–water partition coefficient (Wildman–Crippen LogP) is 5.81. The molecule has 37 heavy (non-hydrogen) atoms. The average Bonchev–Trinajstić information content (AvgIpc) is 3.25. The summed E-state index contributed by atoms with van der Waals surface area (Å²) in [6.07, 6.45) is 9.05. The number of allylic oxidation sites excluding steroid dienone is 2. The number of carbonyl (C=O) groups excluding carboxylic acids is 1. The molecular weight excluding hydrogens is 488 g/mol. The van der Waals surface area contributed by atoms with Crippen molar-refractivity contribution >= 4 is 40.0 Å². The molecule has 1 aliphatic heterocycles. The summed E-state index contributed by atoms with van der Waals surface area (Å²) >= 11 is 1.37. The number of rotatable bonds is 5. The maximum absolute atomic E-state index is 13.2. The van der Waals surface area contributed by atoms with Gasteiger partial charge in [-0.1, -0.05) is 60.3 Å². The van der Waals surface area contributed by atoms with Crippen molar-refractivity contribution < 1.29 is 14.5 Å². The Balaban J connectivity index is 1.53. The zero-order chi connectivity index (χ0) is 25.5. The highest BCUT2D eigenvalue weighted by molar-refractivity contribution is 8.04. The van der Waals surface area contributed by atoms with Gasteiger partial charge in [-0.15, -0.1) is 0 Å². The van der Waals surface area contributed by atoms with E-state index in [-0.39, 0.29) is 17.6 Å². The first-order valence-corrected chi connectivity index (χ1v) is 12.5. The minimum absolute atomic E-state index is 0.0565. The van der Waals surface area contributed by atoms with Crippen molar-refractivity contribution in [1.82, 2.24) is 14.8 Å². The molecule has 0 saturated heterocycles. The van der Waals surface area contributed by atoms with Crippen LogP contribution < -0.4 is 0 Å². The van der Waals surface area contributed by atoms with E-state index in [0.29, 0.717) is 21.9 Å². The number of ether oxygens (including phenoxy) is 1. The number of hydrogen-bond donors (Lipinski definition) is 0. The molecule has 2 aliphatic rings. The van der Waals surface area contributed by atoms with Crippen molar-refractivity contribution in [2.45, 2.75) is 17.9 Å². The third kappa shape index (κ3) is 4.03. The van der Waals surface area contributed by atoms with E-state index in [0.717, 1.165) is 21.4 Å². The first-order chi connectivity index (χ1) is 18.0. The van der Waals surface area contributed by atoms with Crippen LogP contribution in [0.3, 0.4) is 0 Å². The van der Waals surface area contributed by atoms with Crippen LogP contribution in [0.1, 0.15) is 11.3 Å². The summed E-state index contributed by atoms with van der Waals surface area (Å²) in [7, 11) is 0. The van der Waals surface area contributed by atoms with Crippen molar-refractivity contribution in [3.05, 3.63) is 117 Å². The second-order valence-electron chi connectivity index (χ2n) is 8.66. The van der Waals surface area contributed by atoms with Gasteiger partial charge >= 0.3 is 5.97 Å². The van der Waals surface area contributed by atoms with E-state index in [9.17, 15) is 14.9 Å². The van der Waals surface area contributed by atoms with Gasteiger partial charge in [-0.3, -0.25) is 10.1 Å². The number of nitro benzene ring substituents is 1. The lowest BCUT2D eigenvalue weighted by molar-refractivity contribution is -0.384. The molecule has 0 bridgehead atoms. The second-order valence-corrected chi connectivity index (χ2v) is 9.75. The van der Waals surface area contributed by atoms with Crippen molar-refractivity contribution in [3.63, 3.8) is 0 Å². The van der Waals surface area contributed by atoms with E-state index in [2.05, 4.69) is 5.10 Å². The number of fused-ring (bicyclic) bond motifs is 2. The largest absolute Gasteiger partial charge is 0.453 e. The number of aromatic nitrogens is 3. The number of nitro groups is 1. The topological polar surface area (TPSA) is 100 Å². The first-order valence-electron chi connectivity index (χ1n) is 11.6. The summed E-state index contributed by atoms with van der Waals surface area (Å²) in [6, 6.07) is 18.1. The Hall–Kier alpha value is -4.50. The molecule has 6 rings (SSSR count). The average molecular weight is 509 g/mol. The van der Waals surface area contributed by atoms with Gasteiger partial charge in [0.05, 0.1) is 10.6 Å². The number of benzene rings is 2. The molecular formula is C28H20N4O4S. The molecule has 9 heteroatoms. The van der Waals surface area contributed by atoms with Crippen molar-refractivity contribution in [2.24, 2.45) is 5.92 Å². The van der Waals surface area contributed by atoms with Crippen molar-refractivity contribution in [2.75, 3.05) is 0 Å².